The van der Waals surface area contributed by atoms with Gasteiger partial charge in [-0.3, -0.25) is 9.59 Å². The van der Waals surface area contributed by atoms with Crippen LogP contribution in [0.3, 0.4) is 0 Å². The third-order valence-electron chi connectivity index (χ3n) is 2.93. The fourth-order valence-corrected chi connectivity index (χ4v) is 1.89. The number of nitrogens with one attached hydrogen (secondary N) is 3. The van der Waals surface area contributed by atoms with E-state index in [1.165, 1.54) is 10.7 Å². The minimum absolute atomic E-state index is 0.192. The van der Waals surface area contributed by atoms with Crippen molar-refractivity contribution in [2.24, 2.45) is 5.73 Å². The number of amides is 1. The number of allylic oxidation sites excluding steroid dienone is 3. The molecule has 23 heavy (non-hydrogen) atoms. The van der Waals surface area contributed by atoms with Crippen LogP contribution in [0.5, 0.6) is 0 Å². The van der Waals surface area contributed by atoms with Crippen molar-refractivity contribution in [1.82, 2.24) is 19.9 Å². The third-order valence-corrected chi connectivity index (χ3v) is 2.93. The zero-order valence-electron chi connectivity index (χ0n) is 12.7. The number of fused-ring (bicyclic) bond motifs is 1. The van der Waals surface area contributed by atoms with Gasteiger partial charge in [-0.05, 0) is 18.4 Å². The van der Waals surface area contributed by atoms with Gasteiger partial charge in [0.05, 0.1) is 11.9 Å². The van der Waals surface area contributed by atoms with Crippen LogP contribution in [0.15, 0.2) is 36.3 Å². The standard InChI is InChI=1S/C14H17N7O2/c1-16-5-3-4-9(8-22)19-11-6-12(17-2)21-14(20-11)10(7-18-21)13(15)23/h3-8,16-17H,1-2H3,(H2,15,23)(H,19,20)/b5-3-,9-4+. The summed E-state index contributed by atoms with van der Waals surface area (Å²) in [6.45, 7) is 0. The average Bonchev–Trinajstić information content (AvgIpc) is 2.97. The highest BCUT2D eigenvalue weighted by Gasteiger charge is 2.14. The van der Waals surface area contributed by atoms with E-state index in [1.807, 2.05) is 0 Å². The second-order valence-electron chi connectivity index (χ2n) is 4.45. The molecule has 5 N–H and O–H groups in total. The van der Waals surface area contributed by atoms with Crippen molar-refractivity contribution >= 4 is 29.5 Å². The van der Waals surface area contributed by atoms with Gasteiger partial charge in [-0.25, -0.2) is 4.98 Å². The Hall–Kier alpha value is -3.36. The predicted octanol–water partition coefficient (Wildman–Crippen LogP) is 0.0977. The van der Waals surface area contributed by atoms with Crippen molar-refractivity contribution < 1.29 is 9.59 Å². The summed E-state index contributed by atoms with van der Waals surface area (Å²) in [5, 5.41) is 12.7. The Kier molecular flexibility index (Phi) is 4.92. The van der Waals surface area contributed by atoms with E-state index >= 15 is 0 Å². The van der Waals surface area contributed by atoms with E-state index in [0.717, 1.165) is 0 Å². The van der Waals surface area contributed by atoms with Gasteiger partial charge in [-0.1, -0.05) is 0 Å². The lowest BCUT2D eigenvalue weighted by Crippen LogP contribution is -2.12. The zero-order chi connectivity index (χ0) is 16.8. The summed E-state index contributed by atoms with van der Waals surface area (Å²) in [6, 6.07) is 1.66. The molecule has 0 aromatic carbocycles. The van der Waals surface area contributed by atoms with E-state index in [-0.39, 0.29) is 5.56 Å². The quantitative estimate of drug-likeness (QED) is 0.324. The normalized spacial score (nSPS) is 11.7. The topological polar surface area (TPSA) is 126 Å². The van der Waals surface area contributed by atoms with Crippen LogP contribution in [0.4, 0.5) is 11.6 Å². The first kappa shape index (κ1) is 16.0. The van der Waals surface area contributed by atoms with Crippen molar-refractivity contribution in [3.8, 4) is 0 Å². The monoisotopic (exact) mass is 315 g/mol. The number of primary amides is 1. The van der Waals surface area contributed by atoms with Crippen molar-refractivity contribution in [3.05, 3.63) is 41.9 Å². The van der Waals surface area contributed by atoms with Gasteiger partial charge < -0.3 is 21.7 Å². The maximum atomic E-state index is 11.4. The molecular formula is C14H17N7O2. The molecule has 0 aliphatic rings. The number of carbonyl (C=O) groups is 2. The van der Waals surface area contributed by atoms with Crippen LogP contribution in [0.1, 0.15) is 10.4 Å². The van der Waals surface area contributed by atoms with Crippen molar-refractivity contribution in [2.45, 2.75) is 0 Å². The van der Waals surface area contributed by atoms with Gasteiger partial charge in [0.1, 0.15) is 17.2 Å². The Morgan fingerprint density at radius 2 is 2.17 bits per heavy atom. The van der Waals surface area contributed by atoms with Gasteiger partial charge in [-0.15, -0.1) is 0 Å². The van der Waals surface area contributed by atoms with Gasteiger partial charge in [0.2, 0.25) is 0 Å². The smallest absolute Gasteiger partial charge is 0.254 e. The highest BCUT2D eigenvalue weighted by Crippen LogP contribution is 2.19. The van der Waals surface area contributed by atoms with E-state index in [2.05, 4.69) is 26.0 Å². The van der Waals surface area contributed by atoms with Crippen LogP contribution in [0.2, 0.25) is 0 Å². The lowest BCUT2D eigenvalue weighted by molar-refractivity contribution is -0.104. The van der Waals surface area contributed by atoms with E-state index < -0.39 is 5.91 Å². The van der Waals surface area contributed by atoms with Crippen molar-refractivity contribution in [1.29, 1.82) is 0 Å². The van der Waals surface area contributed by atoms with Crippen LogP contribution in [-0.4, -0.2) is 40.9 Å². The van der Waals surface area contributed by atoms with Gasteiger partial charge in [-0.2, -0.15) is 9.61 Å². The number of hydrogen-bond acceptors (Lipinski definition) is 7. The van der Waals surface area contributed by atoms with E-state index in [4.69, 9.17) is 5.73 Å². The Labute approximate surface area is 132 Å². The number of aldehydes is 1. The van der Waals surface area contributed by atoms with Crippen LogP contribution < -0.4 is 21.7 Å². The first-order valence-corrected chi connectivity index (χ1v) is 6.73. The second kappa shape index (κ2) is 7.07. The Morgan fingerprint density at radius 1 is 1.39 bits per heavy atom. The molecular weight excluding hydrogens is 298 g/mol. The Bertz CT molecular complexity index is 792. The van der Waals surface area contributed by atoms with E-state index in [9.17, 15) is 9.59 Å². The first-order valence-electron chi connectivity index (χ1n) is 6.73. The van der Waals surface area contributed by atoms with Crippen LogP contribution >= 0.6 is 0 Å². The van der Waals surface area contributed by atoms with Crippen molar-refractivity contribution in [3.63, 3.8) is 0 Å². The molecule has 0 saturated carbocycles. The van der Waals surface area contributed by atoms with Crippen LogP contribution in [-0.2, 0) is 4.79 Å². The molecule has 0 saturated heterocycles. The largest absolute Gasteiger partial charge is 0.394 e. The minimum atomic E-state index is -0.630. The number of hydrogen-bond donors (Lipinski definition) is 4. The molecule has 0 radical (unpaired) electrons. The number of aromatic nitrogens is 3. The molecule has 9 nitrogen and oxygen atoms in total. The van der Waals surface area contributed by atoms with E-state index in [0.29, 0.717) is 29.3 Å². The summed E-state index contributed by atoms with van der Waals surface area (Å²) in [5.41, 5.74) is 6.10. The maximum absolute atomic E-state index is 11.4. The first-order chi connectivity index (χ1) is 11.1. The Balaban J connectivity index is 2.46. The van der Waals surface area contributed by atoms with Gasteiger partial charge in [0.15, 0.2) is 11.9 Å². The molecule has 0 spiro atoms. The van der Waals surface area contributed by atoms with Crippen LogP contribution in [0, 0.1) is 0 Å². The molecule has 0 fully saturated rings. The van der Waals surface area contributed by atoms with Gasteiger partial charge >= 0.3 is 0 Å². The predicted molar refractivity (Wildman–Crippen MR) is 87.0 cm³/mol. The molecule has 0 aliphatic carbocycles. The molecule has 0 atom stereocenters. The lowest BCUT2D eigenvalue weighted by Gasteiger charge is -2.09. The number of nitrogens with zero attached hydrogens (tertiary/aromatic N) is 3. The molecule has 0 bridgehead atoms. The molecule has 2 aromatic rings. The third kappa shape index (κ3) is 3.46. The SMILES string of the molecule is CN/C=C\C=C(/C=O)Nc1cc(NC)n2ncc(C(N)=O)c2n1. The van der Waals surface area contributed by atoms with Crippen molar-refractivity contribution in [2.75, 3.05) is 24.7 Å². The summed E-state index contributed by atoms with van der Waals surface area (Å²) >= 11 is 0. The highest BCUT2D eigenvalue weighted by molar-refractivity contribution is 5.99. The minimum Gasteiger partial charge on any atom is -0.394 e. The molecule has 0 unspecified atom stereocenters. The molecule has 0 aliphatic heterocycles. The summed E-state index contributed by atoms with van der Waals surface area (Å²) < 4.78 is 1.45. The molecule has 2 aromatic heterocycles. The molecule has 1 amide bonds. The zero-order valence-corrected chi connectivity index (χ0v) is 12.7. The molecule has 2 rings (SSSR count). The van der Waals surface area contributed by atoms with Crippen LogP contribution in [0.25, 0.3) is 5.65 Å². The number of carbonyl (C=O) groups excluding carboxylic acids is 2. The fourth-order valence-electron chi connectivity index (χ4n) is 1.89. The fraction of sp³-hybridized carbons (Fsp3) is 0.143. The summed E-state index contributed by atoms with van der Waals surface area (Å²) in [5.74, 6) is 0.330. The van der Waals surface area contributed by atoms with Gasteiger partial charge in [0, 0.05) is 20.2 Å². The number of nitrogens with two attached hydrogens (primary N) is 1. The lowest BCUT2D eigenvalue weighted by atomic mass is 10.3. The second-order valence-corrected chi connectivity index (χ2v) is 4.45. The summed E-state index contributed by atoms with van der Waals surface area (Å²) in [6.07, 6.45) is 6.93. The van der Waals surface area contributed by atoms with E-state index in [1.54, 1.807) is 38.5 Å². The number of anilines is 2. The maximum Gasteiger partial charge on any atom is 0.254 e. The Morgan fingerprint density at radius 3 is 2.78 bits per heavy atom. The molecule has 9 heteroatoms. The number of rotatable bonds is 7. The molecule has 120 valence electrons. The summed E-state index contributed by atoms with van der Waals surface area (Å²) in [4.78, 5) is 26.9. The highest BCUT2D eigenvalue weighted by atomic mass is 16.1. The average molecular weight is 315 g/mol. The van der Waals surface area contributed by atoms with Gasteiger partial charge in [0.25, 0.3) is 5.91 Å². The summed E-state index contributed by atoms with van der Waals surface area (Å²) in [7, 11) is 3.45. The molecule has 2 heterocycles.